The predicted molar refractivity (Wildman–Crippen MR) is 109 cm³/mol. The highest BCUT2D eigenvalue weighted by Crippen LogP contribution is 2.30. The van der Waals surface area contributed by atoms with Gasteiger partial charge in [0.05, 0.1) is 18.8 Å². The summed E-state index contributed by atoms with van der Waals surface area (Å²) in [5.74, 6) is 1.63. The number of anilines is 3. The molecule has 0 spiro atoms. The van der Waals surface area contributed by atoms with Crippen molar-refractivity contribution in [3.05, 3.63) is 42.2 Å². The number of halogens is 3. The number of carbonyl (C=O) groups excluding carboxylic acids is 1. The first-order valence-electron chi connectivity index (χ1n) is 10.0. The van der Waals surface area contributed by atoms with Crippen LogP contribution in [-0.2, 0) is 10.9 Å². The van der Waals surface area contributed by atoms with Crippen molar-refractivity contribution in [3.8, 4) is 0 Å². The Morgan fingerprint density at radius 2 is 1.58 bits per heavy atom. The average Bonchev–Trinajstić information content (AvgIpc) is 2.79. The summed E-state index contributed by atoms with van der Waals surface area (Å²) in [7, 11) is 0. The van der Waals surface area contributed by atoms with Crippen LogP contribution in [0.1, 0.15) is 5.56 Å². The van der Waals surface area contributed by atoms with Crippen LogP contribution in [0.15, 0.2) is 36.7 Å². The third-order valence-electron chi connectivity index (χ3n) is 5.31. The Morgan fingerprint density at radius 3 is 2.23 bits per heavy atom. The van der Waals surface area contributed by atoms with Gasteiger partial charge in [-0.15, -0.1) is 0 Å². The van der Waals surface area contributed by atoms with Crippen LogP contribution in [0, 0.1) is 0 Å². The molecule has 0 unspecified atom stereocenters. The molecule has 11 heteroatoms. The van der Waals surface area contributed by atoms with Crippen molar-refractivity contribution in [2.75, 3.05) is 67.6 Å². The van der Waals surface area contributed by atoms with Crippen molar-refractivity contribution in [2.24, 2.45) is 0 Å². The molecule has 2 aliphatic rings. The number of rotatable bonds is 3. The van der Waals surface area contributed by atoms with Gasteiger partial charge in [-0.2, -0.15) is 13.2 Å². The Labute approximate surface area is 177 Å². The van der Waals surface area contributed by atoms with Gasteiger partial charge in [0.15, 0.2) is 0 Å². The lowest BCUT2D eigenvalue weighted by molar-refractivity contribution is -0.137. The fourth-order valence-electron chi connectivity index (χ4n) is 3.59. The molecule has 8 nitrogen and oxygen atoms in total. The van der Waals surface area contributed by atoms with Crippen molar-refractivity contribution in [1.29, 1.82) is 0 Å². The SMILES string of the molecule is O=C(Nc1cccc(C(F)(F)F)c1)N1CCN(c2cc(N3CCOCC3)ncn2)CC1. The van der Waals surface area contributed by atoms with Gasteiger partial charge in [-0.05, 0) is 18.2 Å². The van der Waals surface area contributed by atoms with Gasteiger partial charge in [0.25, 0.3) is 0 Å². The summed E-state index contributed by atoms with van der Waals surface area (Å²) in [6.45, 7) is 4.88. The van der Waals surface area contributed by atoms with Gasteiger partial charge in [0, 0.05) is 51.0 Å². The lowest BCUT2D eigenvalue weighted by Gasteiger charge is -2.36. The van der Waals surface area contributed by atoms with Gasteiger partial charge in [-0.3, -0.25) is 0 Å². The fraction of sp³-hybridized carbons (Fsp3) is 0.450. The Morgan fingerprint density at radius 1 is 0.935 bits per heavy atom. The van der Waals surface area contributed by atoms with E-state index in [1.165, 1.54) is 18.5 Å². The molecule has 3 heterocycles. The highest BCUT2D eigenvalue weighted by Gasteiger charge is 2.31. The van der Waals surface area contributed by atoms with E-state index in [-0.39, 0.29) is 5.69 Å². The Bertz CT molecular complexity index is 912. The number of hydrogen-bond acceptors (Lipinski definition) is 6. The minimum absolute atomic E-state index is 0.119. The number of urea groups is 1. The van der Waals surface area contributed by atoms with Crippen LogP contribution < -0.4 is 15.1 Å². The van der Waals surface area contributed by atoms with Crippen LogP contribution in [-0.4, -0.2) is 73.4 Å². The summed E-state index contributed by atoms with van der Waals surface area (Å²) in [5, 5.41) is 2.56. The molecule has 31 heavy (non-hydrogen) atoms. The Kier molecular flexibility index (Phi) is 6.12. The second-order valence-electron chi connectivity index (χ2n) is 7.32. The van der Waals surface area contributed by atoms with Crippen molar-refractivity contribution < 1.29 is 22.7 Å². The first-order valence-corrected chi connectivity index (χ1v) is 10.0. The van der Waals surface area contributed by atoms with Crippen LogP contribution >= 0.6 is 0 Å². The van der Waals surface area contributed by atoms with E-state index in [2.05, 4.69) is 25.1 Å². The van der Waals surface area contributed by atoms with Gasteiger partial charge in [-0.1, -0.05) is 6.07 Å². The number of carbonyl (C=O) groups is 1. The topological polar surface area (TPSA) is 73.8 Å². The number of benzene rings is 1. The van der Waals surface area contributed by atoms with E-state index in [4.69, 9.17) is 4.74 Å². The van der Waals surface area contributed by atoms with E-state index >= 15 is 0 Å². The third-order valence-corrected chi connectivity index (χ3v) is 5.31. The van der Waals surface area contributed by atoms with Crippen LogP contribution in [0.5, 0.6) is 0 Å². The van der Waals surface area contributed by atoms with Gasteiger partial charge in [0.2, 0.25) is 0 Å². The van der Waals surface area contributed by atoms with Gasteiger partial charge in [0.1, 0.15) is 18.0 Å². The first-order chi connectivity index (χ1) is 14.9. The quantitative estimate of drug-likeness (QED) is 0.798. The van der Waals surface area contributed by atoms with E-state index in [1.807, 2.05) is 6.07 Å². The summed E-state index contributed by atoms with van der Waals surface area (Å²) >= 11 is 0. The number of nitrogens with one attached hydrogen (secondary N) is 1. The molecule has 1 aromatic heterocycles. The highest BCUT2D eigenvalue weighted by molar-refractivity contribution is 5.89. The standard InChI is InChI=1S/C20H23F3N6O2/c21-20(22,23)15-2-1-3-16(12-15)26-19(30)29-6-4-27(5-7-29)17-13-18(25-14-24-17)28-8-10-31-11-9-28/h1-3,12-14H,4-11H2,(H,26,30). The van der Waals surface area contributed by atoms with Crippen molar-refractivity contribution in [1.82, 2.24) is 14.9 Å². The Balaban J connectivity index is 1.34. The normalized spacial score (nSPS) is 17.6. The van der Waals surface area contributed by atoms with Gasteiger partial charge >= 0.3 is 12.2 Å². The number of alkyl halides is 3. The molecule has 0 atom stereocenters. The molecule has 0 saturated carbocycles. The zero-order valence-electron chi connectivity index (χ0n) is 16.8. The summed E-state index contributed by atoms with van der Waals surface area (Å²) in [4.78, 5) is 27.0. The van der Waals surface area contributed by atoms with E-state index in [1.54, 1.807) is 4.90 Å². The maximum atomic E-state index is 12.9. The number of aromatic nitrogens is 2. The molecule has 2 amide bonds. The van der Waals surface area contributed by atoms with E-state index in [9.17, 15) is 18.0 Å². The maximum absolute atomic E-state index is 12.9. The summed E-state index contributed by atoms with van der Waals surface area (Å²) < 4.78 is 44.0. The molecule has 2 saturated heterocycles. The van der Waals surface area contributed by atoms with E-state index in [0.717, 1.165) is 36.9 Å². The van der Waals surface area contributed by atoms with Crippen LogP contribution in [0.25, 0.3) is 0 Å². The second kappa shape index (κ2) is 8.96. The lowest BCUT2D eigenvalue weighted by Crippen LogP contribution is -2.50. The molecule has 0 aliphatic carbocycles. The number of amides is 2. The third kappa shape index (κ3) is 5.16. The number of ether oxygens (including phenoxy) is 1. The van der Waals surface area contributed by atoms with Crippen LogP contribution in [0.3, 0.4) is 0 Å². The average molecular weight is 436 g/mol. The molecule has 2 aliphatic heterocycles. The molecular formula is C20H23F3N6O2. The number of piperazine rings is 1. The number of hydrogen-bond donors (Lipinski definition) is 1. The molecular weight excluding hydrogens is 413 g/mol. The number of morpholine rings is 1. The van der Waals surface area contributed by atoms with E-state index < -0.39 is 17.8 Å². The molecule has 166 valence electrons. The molecule has 0 radical (unpaired) electrons. The van der Waals surface area contributed by atoms with Crippen molar-refractivity contribution in [3.63, 3.8) is 0 Å². The number of nitrogens with zero attached hydrogens (tertiary/aromatic N) is 5. The van der Waals surface area contributed by atoms with E-state index in [0.29, 0.717) is 39.4 Å². The Hall–Kier alpha value is -3.08. The zero-order chi connectivity index (χ0) is 21.8. The van der Waals surface area contributed by atoms with Crippen molar-refractivity contribution >= 4 is 23.4 Å². The second-order valence-corrected chi connectivity index (χ2v) is 7.32. The van der Waals surface area contributed by atoms with Crippen LogP contribution in [0.2, 0.25) is 0 Å². The maximum Gasteiger partial charge on any atom is 0.416 e. The molecule has 1 N–H and O–H groups in total. The van der Waals surface area contributed by atoms with Gasteiger partial charge in [-0.25, -0.2) is 14.8 Å². The predicted octanol–water partition coefficient (Wildman–Crippen LogP) is 2.69. The van der Waals surface area contributed by atoms with Crippen LogP contribution in [0.4, 0.5) is 35.3 Å². The largest absolute Gasteiger partial charge is 0.416 e. The molecule has 2 aromatic rings. The smallest absolute Gasteiger partial charge is 0.378 e. The summed E-state index contributed by atoms with van der Waals surface area (Å²) in [6, 6.07) is 6.14. The molecule has 0 bridgehead atoms. The minimum Gasteiger partial charge on any atom is -0.378 e. The first kappa shape index (κ1) is 21.2. The van der Waals surface area contributed by atoms with Gasteiger partial charge < -0.3 is 24.8 Å². The minimum atomic E-state index is -4.45. The zero-order valence-corrected chi connectivity index (χ0v) is 16.8. The summed E-state index contributed by atoms with van der Waals surface area (Å²) in [6.07, 6.45) is -2.92. The summed E-state index contributed by atoms with van der Waals surface area (Å²) in [5.41, 5.74) is -0.678. The molecule has 1 aromatic carbocycles. The molecule has 4 rings (SSSR count). The highest BCUT2D eigenvalue weighted by atomic mass is 19.4. The molecule has 2 fully saturated rings. The lowest BCUT2D eigenvalue weighted by atomic mass is 10.2. The fourth-order valence-corrected chi connectivity index (χ4v) is 3.59. The monoisotopic (exact) mass is 436 g/mol. The van der Waals surface area contributed by atoms with Crippen molar-refractivity contribution in [2.45, 2.75) is 6.18 Å².